The largest absolute Gasteiger partial charge is 0.448 e. The third-order valence-electron chi connectivity index (χ3n) is 3.62. The van der Waals surface area contributed by atoms with Crippen LogP contribution in [0.2, 0.25) is 0 Å². The van der Waals surface area contributed by atoms with Gasteiger partial charge < -0.3 is 14.2 Å². The average Bonchev–Trinajstić information content (AvgIpc) is 2.93. The fourth-order valence-electron chi connectivity index (χ4n) is 2.36. The van der Waals surface area contributed by atoms with Crippen LogP contribution in [-0.4, -0.2) is 51.9 Å². The highest BCUT2D eigenvalue weighted by Crippen LogP contribution is 2.12. The fraction of sp³-hybridized carbons (Fsp3) is 0.429. The van der Waals surface area contributed by atoms with Crippen LogP contribution in [0.5, 0.6) is 0 Å². The van der Waals surface area contributed by atoms with Gasteiger partial charge in [0.15, 0.2) is 6.39 Å². The molecular formula is C14H17N5O2. The highest BCUT2D eigenvalue weighted by Gasteiger charge is 2.23. The Bertz CT molecular complexity index is 605. The number of carbonyl (C=O) groups excluding carboxylic acids is 1. The second kappa shape index (κ2) is 5.90. The minimum absolute atomic E-state index is 0.0727. The number of amides is 1. The SMILES string of the molecule is Cc1ncoc1CC(=O)N1CCN(c2ncccn2)CC1. The summed E-state index contributed by atoms with van der Waals surface area (Å²) in [4.78, 5) is 28.7. The summed E-state index contributed by atoms with van der Waals surface area (Å²) >= 11 is 0. The van der Waals surface area contributed by atoms with Crippen molar-refractivity contribution in [2.75, 3.05) is 31.1 Å². The zero-order valence-electron chi connectivity index (χ0n) is 11.9. The summed E-state index contributed by atoms with van der Waals surface area (Å²) in [6.45, 7) is 4.67. The van der Waals surface area contributed by atoms with Crippen LogP contribution in [-0.2, 0) is 11.2 Å². The number of nitrogens with zero attached hydrogens (tertiary/aromatic N) is 5. The van der Waals surface area contributed by atoms with Crippen molar-refractivity contribution >= 4 is 11.9 Å². The predicted molar refractivity (Wildman–Crippen MR) is 75.8 cm³/mol. The molecule has 0 aliphatic carbocycles. The van der Waals surface area contributed by atoms with E-state index in [0.29, 0.717) is 18.8 Å². The molecule has 1 aliphatic rings. The van der Waals surface area contributed by atoms with Crippen LogP contribution in [0.25, 0.3) is 0 Å². The fourth-order valence-corrected chi connectivity index (χ4v) is 2.36. The maximum absolute atomic E-state index is 12.2. The summed E-state index contributed by atoms with van der Waals surface area (Å²) in [5.41, 5.74) is 0.777. The van der Waals surface area contributed by atoms with Gasteiger partial charge in [-0.2, -0.15) is 0 Å². The highest BCUT2D eigenvalue weighted by atomic mass is 16.3. The van der Waals surface area contributed by atoms with E-state index in [1.165, 1.54) is 6.39 Å². The van der Waals surface area contributed by atoms with Gasteiger partial charge in [0.05, 0.1) is 12.1 Å². The Morgan fingerprint density at radius 2 is 1.90 bits per heavy atom. The number of aryl methyl sites for hydroxylation is 1. The van der Waals surface area contributed by atoms with Crippen molar-refractivity contribution < 1.29 is 9.21 Å². The molecule has 1 fully saturated rings. The van der Waals surface area contributed by atoms with Gasteiger partial charge in [-0.25, -0.2) is 15.0 Å². The molecule has 3 rings (SSSR count). The van der Waals surface area contributed by atoms with Crippen LogP contribution < -0.4 is 4.90 Å². The number of rotatable bonds is 3. The highest BCUT2D eigenvalue weighted by molar-refractivity contribution is 5.78. The first-order valence-electron chi connectivity index (χ1n) is 6.93. The maximum Gasteiger partial charge on any atom is 0.230 e. The summed E-state index contributed by atoms with van der Waals surface area (Å²) in [6, 6.07) is 1.79. The Labute approximate surface area is 122 Å². The lowest BCUT2D eigenvalue weighted by Gasteiger charge is -2.34. The van der Waals surface area contributed by atoms with Crippen LogP contribution in [0.4, 0.5) is 5.95 Å². The van der Waals surface area contributed by atoms with Gasteiger partial charge in [-0.05, 0) is 13.0 Å². The minimum Gasteiger partial charge on any atom is -0.448 e. The third kappa shape index (κ3) is 3.01. The number of hydrogen-bond acceptors (Lipinski definition) is 6. The molecule has 0 N–H and O–H groups in total. The topological polar surface area (TPSA) is 75.4 Å². The smallest absolute Gasteiger partial charge is 0.230 e. The van der Waals surface area contributed by atoms with E-state index in [4.69, 9.17) is 4.42 Å². The molecule has 7 nitrogen and oxygen atoms in total. The van der Waals surface area contributed by atoms with E-state index in [-0.39, 0.29) is 12.3 Å². The molecule has 0 aromatic carbocycles. The summed E-state index contributed by atoms with van der Waals surface area (Å²) in [7, 11) is 0. The molecule has 0 saturated carbocycles. The normalized spacial score (nSPS) is 15.3. The van der Waals surface area contributed by atoms with Gasteiger partial charge in [0, 0.05) is 38.6 Å². The minimum atomic E-state index is 0.0727. The van der Waals surface area contributed by atoms with Crippen LogP contribution in [0.3, 0.4) is 0 Å². The Morgan fingerprint density at radius 1 is 1.19 bits per heavy atom. The van der Waals surface area contributed by atoms with Gasteiger partial charge in [0.1, 0.15) is 5.76 Å². The summed E-state index contributed by atoms with van der Waals surface area (Å²) in [5, 5.41) is 0. The molecule has 2 aromatic heterocycles. The van der Waals surface area contributed by atoms with Crippen molar-refractivity contribution in [1.29, 1.82) is 0 Å². The second-order valence-electron chi connectivity index (χ2n) is 4.95. The molecule has 110 valence electrons. The van der Waals surface area contributed by atoms with Crippen molar-refractivity contribution in [3.8, 4) is 0 Å². The molecule has 0 radical (unpaired) electrons. The third-order valence-corrected chi connectivity index (χ3v) is 3.62. The van der Waals surface area contributed by atoms with Crippen molar-refractivity contribution in [3.05, 3.63) is 36.3 Å². The van der Waals surface area contributed by atoms with Crippen LogP contribution in [0, 0.1) is 6.92 Å². The molecule has 1 saturated heterocycles. The zero-order valence-corrected chi connectivity index (χ0v) is 11.9. The molecule has 0 unspecified atom stereocenters. The lowest BCUT2D eigenvalue weighted by atomic mass is 10.2. The lowest BCUT2D eigenvalue weighted by molar-refractivity contribution is -0.131. The van der Waals surface area contributed by atoms with Crippen molar-refractivity contribution in [2.45, 2.75) is 13.3 Å². The lowest BCUT2D eigenvalue weighted by Crippen LogP contribution is -2.49. The van der Waals surface area contributed by atoms with E-state index < -0.39 is 0 Å². The van der Waals surface area contributed by atoms with Crippen LogP contribution in [0.15, 0.2) is 29.3 Å². The van der Waals surface area contributed by atoms with Crippen molar-refractivity contribution in [1.82, 2.24) is 19.9 Å². The summed E-state index contributed by atoms with van der Waals surface area (Å²) < 4.78 is 5.23. The number of aromatic nitrogens is 3. The van der Waals surface area contributed by atoms with E-state index in [0.717, 1.165) is 24.7 Å². The average molecular weight is 287 g/mol. The summed E-state index contributed by atoms with van der Waals surface area (Å²) in [6.07, 6.45) is 5.11. The number of carbonyl (C=O) groups is 1. The molecule has 0 bridgehead atoms. The van der Waals surface area contributed by atoms with Gasteiger partial charge in [-0.3, -0.25) is 4.79 Å². The first-order chi connectivity index (χ1) is 10.2. The Balaban J connectivity index is 1.56. The molecule has 0 atom stereocenters. The van der Waals surface area contributed by atoms with E-state index >= 15 is 0 Å². The van der Waals surface area contributed by atoms with Gasteiger partial charge in [0.2, 0.25) is 11.9 Å². The molecule has 1 aliphatic heterocycles. The summed E-state index contributed by atoms with van der Waals surface area (Å²) in [5.74, 6) is 1.44. The molecule has 1 amide bonds. The quantitative estimate of drug-likeness (QED) is 0.825. The molecular weight excluding hydrogens is 270 g/mol. The van der Waals surface area contributed by atoms with Crippen LogP contribution in [0.1, 0.15) is 11.5 Å². The number of anilines is 1. The van der Waals surface area contributed by atoms with E-state index in [2.05, 4.69) is 19.9 Å². The Hall–Kier alpha value is -2.44. The van der Waals surface area contributed by atoms with Crippen molar-refractivity contribution in [3.63, 3.8) is 0 Å². The van der Waals surface area contributed by atoms with Gasteiger partial charge in [-0.1, -0.05) is 0 Å². The number of hydrogen-bond donors (Lipinski definition) is 0. The van der Waals surface area contributed by atoms with Gasteiger partial charge >= 0.3 is 0 Å². The maximum atomic E-state index is 12.2. The monoisotopic (exact) mass is 287 g/mol. The predicted octanol–water partition coefficient (Wildman–Crippen LogP) is 0.664. The first kappa shape index (κ1) is 13.5. The zero-order chi connectivity index (χ0) is 14.7. The first-order valence-corrected chi connectivity index (χ1v) is 6.93. The van der Waals surface area contributed by atoms with Crippen LogP contribution >= 0.6 is 0 Å². The molecule has 21 heavy (non-hydrogen) atoms. The van der Waals surface area contributed by atoms with Gasteiger partial charge in [-0.15, -0.1) is 0 Å². The number of piperazine rings is 1. The van der Waals surface area contributed by atoms with E-state index in [1.807, 2.05) is 11.8 Å². The second-order valence-corrected chi connectivity index (χ2v) is 4.95. The van der Waals surface area contributed by atoms with E-state index in [1.54, 1.807) is 18.5 Å². The molecule has 2 aromatic rings. The Kier molecular flexibility index (Phi) is 3.81. The standard InChI is InChI=1S/C14H17N5O2/c1-11-12(21-10-17-11)9-13(20)18-5-7-19(8-6-18)14-15-3-2-4-16-14/h2-4,10H,5-9H2,1H3. The van der Waals surface area contributed by atoms with E-state index in [9.17, 15) is 4.79 Å². The Morgan fingerprint density at radius 3 is 2.52 bits per heavy atom. The molecule has 3 heterocycles. The molecule has 7 heteroatoms. The molecule has 0 spiro atoms. The van der Waals surface area contributed by atoms with Crippen molar-refractivity contribution in [2.24, 2.45) is 0 Å². The van der Waals surface area contributed by atoms with Gasteiger partial charge in [0.25, 0.3) is 0 Å². The number of oxazole rings is 1.